The molecule has 3 aromatic rings. The summed E-state index contributed by atoms with van der Waals surface area (Å²) in [5.74, 6) is -0.371. The molecule has 1 aromatic heterocycles. The number of amides is 1. The van der Waals surface area contributed by atoms with Crippen LogP contribution in [0.25, 0.3) is 16.6 Å². The van der Waals surface area contributed by atoms with Gasteiger partial charge >= 0.3 is 0 Å². The van der Waals surface area contributed by atoms with E-state index in [4.69, 9.17) is 4.84 Å². The van der Waals surface area contributed by atoms with Gasteiger partial charge in [0, 0.05) is 12.1 Å². The minimum Gasteiger partial charge on any atom is -0.299 e. The molecule has 0 saturated carbocycles. The van der Waals surface area contributed by atoms with Crippen molar-refractivity contribution in [1.82, 2.24) is 19.9 Å². The summed E-state index contributed by atoms with van der Waals surface area (Å²) in [5.41, 5.74) is 5.85. The zero-order chi connectivity index (χ0) is 21.1. The number of nitrogens with zero attached hydrogens (tertiary/aromatic N) is 3. The molecule has 1 N–H and O–H groups in total. The molecule has 1 fully saturated rings. The molecular weight excluding hydrogens is 380 g/mol. The minimum atomic E-state index is -0.371. The highest BCUT2D eigenvalue weighted by atomic mass is 16.6. The number of aryl methyl sites for hydroxylation is 1. The lowest BCUT2D eigenvalue weighted by Gasteiger charge is -2.26. The van der Waals surface area contributed by atoms with E-state index in [0.29, 0.717) is 22.2 Å². The second-order valence-electron chi connectivity index (χ2n) is 7.74. The van der Waals surface area contributed by atoms with E-state index in [1.807, 2.05) is 25.1 Å². The molecule has 1 aliphatic heterocycles. The van der Waals surface area contributed by atoms with Crippen molar-refractivity contribution < 1.29 is 9.63 Å². The average molecular weight is 406 g/mol. The van der Waals surface area contributed by atoms with Gasteiger partial charge in [-0.15, -0.1) is 0 Å². The summed E-state index contributed by atoms with van der Waals surface area (Å²) in [6.07, 6.45) is 5.28. The molecule has 1 amide bonds. The Morgan fingerprint density at radius 3 is 2.70 bits per heavy atom. The summed E-state index contributed by atoms with van der Waals surface area (Å²) in [4.78, 5) is 37.1. The highest BCUT2D eigenvalue weighted by molar-refractivity contribution is 5.94. The summed E-state index contributed by atoms with van der Waals surface area (Å²) in [6, 6.07) is 11.1. The Balaban J connectivity index is 1.73. The van der Waals surface area contributed by atoms with Crippen LogP contribution in [0.4, 0.5) is 0 Å². The molecule has 0 aliphatic carbocycles. The summed E-state index contributed by atoms with van der Waals surface area (Å²) >= 11 is 0. The van der Waals surface area contributed by atoms with Crippen LogP contribution in [0.5, 0.6) is 0 Å². The van der Waals surface area contributed by atoms with Crippen LogP contribution in [0.15, 0.2) is 47.5 Å². The second kappa shape index (κ2) is 8.77. The third-order valence-corrected chi connectivity index (χ3v) is 5.60. The Morgan fingerprint density at radius 2 is 1.93 bits per heavy atom. The Hall–Kier alpha value is -3.03. The maximum absolute atomic E-state index is 13.3. The van der Waals surface area contributed by atoms with Crippen molar-refractivity contribution >= 4 is 16.8 Å². The van der Waals surface area contributed by atoms with Gasteiger partial charge in [-0.1, -0.05) is 18.6 Å². The van der Waals surface area contributed by atoms with Gasteiger partial charge in [0.1, 0.15) is 6.33 Å². The summed E-state index contributed by atoms with van der Waals surface area (Å²) in [6.45, 7) is 4.95. The quantitative estimate of drug-likeness (QED) is 0.660. The van der Waals surface area contributed by atoms with Gasteiger partial charge in [-0.25, -0.2) is 10.5 Å². The van der Waals surface area contributed by atoms with Gasteiger partial charge in [0.25, 0.3) is 11.5 Å². The van der Waals surface area contributed by atoms with Crippen molar-refractivity contribution in [1.29, 1.82) is 0 Å². The standard InChI is InChI=1S/C23H26N4O3/c1-16-6-8-18(22(28)25-30-2)13-21(16)27-15-24-20-9-7-17(12-19(20)23(27)29)14-26-10-4-3-5-11-26/h6-9,12-13,15H,3-5,10-11,14H2,1-2H3,(H,25,28). The number of hydrogen-bond donors (Lipinski definition) is 1. The average Bonchev–Trinajstić information content (AvgIpc) is 2.76. The molecule has 30 heavy (non-hydrogen) atoms. The predicted molar refractivity (Wildman–Crippen MR) is 116 cm³/mol. The lowest BCUT2D eigenvalue weighted by atomic mass is 10.1. The molecule has 2 heterocycles. The molecule has 2 aromatic carbocycles. The van der Waals surface area contributed by atoms with Gasteiger partial charge in [0.05, 0.1) is 23.7 Å². The highest BCUT2D eigenvalue weighted by Gasteiger charge is 2.14. The van der Waals surface area contributed by atoms with Crippen LogP contribution >= 0.6 is 0 Å². The first kappa shape index (κ1) is 20.3. The lowest BCUT2D eigenvalue weighted by Crippen LogP contribution is -2.29. The Labute approximate surface area is 175 Å². The summed E-state index contributed by atoms with van der Waals surface area (Å²) in [7, 11) is 1.38. The molecule has 4 rings (SSSR count). The maximum atomic E-state index is 13.3. The molecule has 1 saturated heterocycles. The fourth-order valence-corrected chi connectivity index (χ4v) is 3.98. The van der Waals surface area contributed by atoms with Gasteiger partial charge in [-0.2, -0.15) is 0 Å². The molecule has 0 bridgehead atoms. The van der Waals surface area contributed by atoms with Crippen molar-refractivity contribution in [2.75, 3.05) is 20.2 Å². The molecule has 0 atom stereocenters. The fourth-order valence-electron chi connectivity index (χ4n) is 3.98. The van der Waals surface area contributed by atoms with Crippen molar-refractivity contribution in [3.8, 4) is 5.69 Å². The van der Waals surface area contributed by atoms with Crippen LogP contribution in [-0.4, -0.2) is 40.6 Å². The number of fused-ring (bicyclic) bond motifs is 1. The topological polar surface area (TPSA) is 76.5 Å². The molecule has 7 nitrogen and oxygen atoms in total. The molecule has 0 unspecified atom stereocenters. The fraction of sp³-hybridized carbons (Fsp3) is 0.348. The monoisotopic (exact) mass is 406 g/mol. The summed E-state index contributed by atoms with van der Waals surface area (Å²) in [5, 5.41) is 0.582. The number of rotatable bonds is 5. The van der Waals surface area contributed by atoms with Crippen LogP contribution in [0.2, 0.25) is 0 Å². The second-order valence-corrected chi connectivity index (χ2v) is 7.74. The molecule has 156 valence electrons. The largest absolute Gasteiger partial charge is 0.299 e. The van der Waals surface area contributed by atoms with E-state index in [1.165, 1.54) is 37.3 Å². The van der Waals surface area contributed by atoms with E-state index in [9.17, 15) is 9.59 Å². The van der Waals surface area contributed by atoms with Crippen LogP contribution in [0, 0.1) is 6.92 Å². The molecule has 1 aliphatic rings. The number of benzene rings is 2. The Morgan fingerprint density at radius 1 is 1.13 bits per heavy atom. The molecule has 0 spiro atoms. The van der Waals surface area contributed by atoms with Crippen LogP contribution in [-0.2, 0) is 11.4 Å². The van der Waals surface area contributed by atoms with Gasteiger partial charge in [0.2, 0.25) is 0 Å². The first-order chi connectivity index (χ1) is 14.6. The van der Waals surface area contributed by atoms with Crippen molar-refractivity contribution in [2.45, 2.75) is 32.7 Å². The molecule has 0 radical (unpaired) electrons. The van der Waals surface area contributed by atoms with E-state index in [2.05, 4.69) is 21.4 Å². The SMILES string of the molecule is CONC(=O)c1ccc(C)c(-n2cnc3ccc(CN4CCCCC4)cc3c2=O)c1. The molecule has 7 heteroatoms. The van der Waals surface area contributed by atoms with Crippen molar-refractivity contribution in [3.63, 3.8) is 0 Å². The number of hydrogen-bond acceptors (Lipinski definition) is 5. The zero-order valence-corrected chi connectivity index (χ0v) is 17.4. The van der Waals surface area contributed by atoms with Crippen LogP contribution in [0.1, 0.15) is 40.7 Å². The first-order valence-corrected chi connectivity index (χ1v) is 10.2. The van der Waals surface area contributed by atoms with Crippen molar-refractivity contribution in [3.05, 3.63) is 69.8 Å². The minimum absolute atomic E-state index is 0.145. The molecular formula is C23H26N4O3. The third kappa shape index (κ3) is 4.13. The smallest absolute Gasteiger partial charge is 0.274 e. The van der Waals surface area contributed by atoms with Crippen LogP contribution in [0.3, 0.4) is 0 Å². The number of aromatic nitrogens is 2. The number of likely N-dealkylation sites (tertiary alicyclic amines) is 1. The third-order valence-electron chi connectivity index (χ3n) is 5.60. The number of carbonyl (C=O) groups excluding carboxylic acids is 1. The van der Waals surface area contributed by atoms with E-state index < -0.39 is 0 Å². The first-order valence-electron chi connectivity index (χ1n) is 10.2. The van der Waals surface area contributed by atoms with Gasteiger partial charge in [-0.3, -0.25) is 23.9 Å². The number of carbonyl (C=O) groups is 1. The van der Waals surface area contributed by atoms with Gasteiger partial charge in [-0.05, 0) is 68.2 Å². The zero-order valence-electron chi connectivity index (χ0n) is 17.4. The number of nitrogens with one attached hydrogen (secondary N) is 1. The normalized spacial score (nSPS) is 14.7. The highest BCUT2D eigenvalue weighted by Crippen LogP contribution is 2.18. The van der Waals surface area contributed by atoms with E-state index in [0.717, 1.165) is 30.8 Å². The van der Waals surface area contributed by atoms with E-state index >= 15 is 0 Å². The van der Waals surface area contributed by atoms with E-state index in [1.54, 1.807) is 12.1 Å². The Kier molecular flexibility index (Phi) is 5.92. The van der Waals surface area contributed by atoms with Gasteiger partial charge in [0.15, 0.2) is 0 Å². The van der Waals surface area contributed by atoms with Gasteiger partial charge < -0.3 is 0 Å². The summed E-state index contributed by atoms with van der Waals surface area (Å²) < 4.78 is 1.51. The van der Waals surface area contributed by atoms with Crippen LogP contribution < -0.4 is 11.0 Å². The number of piperidine rings is 1. The van der Waals surface area contributed by atoms with E-state index in [-0.39, 0.29) is 11.5 Å². The lowest BCUT2D eigenvalue weighted by molar-refractivity contribution is 0.0537. The number of hydroxylamine groups is 1. The predicted octanol–water partition coefficient (Wildman–Crippen LogP) is 2.97. The maximum Gasteiger partial charge on any atom is 0.274 e. The Bertz CT molecular complexity index is 1130. The van der Waals surface area contributed by atoms with Crippen molar-refractivity contribution in [2.24, 2.45) is 0 Å².